The second kappa shape index (κ2) is 8.99. The SMILES string of the molecule is CC1CCC(C2CCC(C3CCC(CCC(F)F)CC3)CC2)CC1. The molecule has 24 heavy (non-hydrogen) atoms. The van der Waals surface area contributed by atoms with Crippen LogP contribution in [0.15, 0.2) is 0 Å². The third-order valence-electron chi connectivity index (χ3n) is 7.89. The molecule has 0 amide bonds. The van der Waals surface area contributed by atoms with Crippen molar-refractivity contribution in [1.82, 2.24) is 0 Å². The molecular weight excluding hydrogens is 302 g/mol. The molecule has 0 aromatic carbocycles. The molecule has 0 saturated heterocycles. The van der Waals surface area contributed by atoms with Gasteiger partial charge in [-0.2, -0.15) is 0 Å². The van der Waals surface area contributed by atoms with Gasteiger partial charge in [-0.3, -0.25) is 0 Å². The fourth-order valence-electron chi connectivity index (χ4n) is 6.16. The van der Waals surface area contributed by atoms with Crippen molar-refractivity contribution < 1.29 is 8.78 Å². The normalized spacial score (nSPS) is 41.5. The van der Waals surface area contributed by atoms with Gasteiger partial charge in [-0.25, -0.2) is 8.78 Å². The van der Waals surface area contributed by atoms with Crippen LogP contribution in [0, 0.1) is 35.5 Å². The zero-order valence-electron chi connectivity index (χ0n) is 15.7. The quantitative estimate of drug-likeness (QED) is 0.487. The van der Waals surface area contributed by atoms with Gasteiger partial charge in [0.25, 0.3) is 0 Å². The summed E-state index contributed by atoms with van der Waals surface area (Å²) >= 11 is 0. The van der Waals surface area contributed by atoms with E-state index in [2.05, 4.69) is 6.92 Å². The number of alkyl halides is 2. The van der Waals surface area contributed by atoms with Crippen molar-refractivity contribution in [1.29, 1.82) is 0 Å². The van der Waals surface area contributed by atoms with E-state index in [1.807, 2.05) is 0 Å². The molecule has 0 radical (unpaired) electrons. The van der Waals surface area contributed by atoms with Gasteiger partial charge < -0.3 is 0 Å². The molecule has 3 aliphatic carbocycles. The van der Waals surface area contributed by atoms with E-state index >= 15 is 0 Å². The Balaban J connectivity index is 1.35. The molecule has 3 aliphatic rings. The Morgan fingerprint density at radius 2 is 1.00 bits per heavy atom. The number of rotatable bonds is 5. The minimum absolute atomic E-state index is 0.125. The van der Waals surface area contributed by atoms with Crippen molar-refractivity contribution in [2.24, 2.45) is 35.5 Å². The molecule has 0 aliphatic heterocycles. The van der Waals surface area contributed by atoms with Gasteiger partial charge in [0.05, 0.1) is 0 Å². The maximum absolute atomic E-state index is 12.4. The van der Waals surface area contributed by atoms with Crippen LogP contribution in [0.1, 0.15) is 96.8 Å². The van der Waals surface area contributed by atoms with Gasteiger partial charge in [0.1, 0.15) is 0 Å². The van der Waals surface area contributed by atoms with E-state index in [1.54, 1.807) is 0 Å². The van der Waals surface area contributed by atoms with Gasteiger partial charge in [-0.1, -0.05) is 32.6 Å². The first kappa shape index (κ1) is 18.6. The minimum Gasteiger partial charge on any atom is -0.211 e. The Kier molecular flexibility index (Phi) is 6.98. The van der Waals surface area contributed by atoms with Crippen LogP contribution < -0.4 is 0 Å². The molecule has 3 fully saturated rings. The highest BCUT2D eigenvalue weighted by Gasteiger charge is 2.34. The first-order valence-electron chi connectivity index (χ1n) is 10.9. The summed E-state index contributed by atoms with van der Waals surface area (Å²) in [5.41, 5.74) is 0. The second-order valence-corrected chi connectivity index (χ2v) is 9.44. The first-order valence-corrected chi connectivity index (χ1v) is 10.9. The molecule has 0 atom stereocenters. The van der Waals surface area contributed by atoms with Crippen LogP contribution in [0.5, 0.6) is 0 Å². The van der Waals surface area contributed by atoms with Crippen LogP contribution in [0.3, 0.4) is 0 Å². The predicted octanol–water partition coefficient (Wildman–Crippen LogP) is 7.47. The molecule has 0 aromatic heterocycles. The molecule has 2 heteroatoms. The maximum Gasteiger partial charge on any atom is 0.238 e. The summed E-state index contributed by atoms with van der Waals surface area (Å²) in [7, 11) is 0. The molecule has 3 saturated carbocycles. The summed E-state index contributed by atoms with van der Waals surface area (Å²) in [5, 5.41) is 0. The van der Waals surface area contributed by atoms with Gasteiger partial charge in [0.15, 0.2) is 0 Å². The van der Waals surface area contributed by atoms with Crippen molar-refractivity contribution in [3.8, 4) is 0 Å². The summed E-state index contributed by atoms with van der Waals surface area (Å²) in [6.07, 6.45) is 15.7. The van der Waals surface area contributed by atoms with Crippen molar-refractivity contribution in [2.45, 2.75) is 103 Å². The molecule has 140 valence electrons. The molecule has 0 nitrogen and oxygen atoms in total. The van der Waals surface area contributed by atoms with Crippen molar-refractivity contribution in [3.05, 3.63) is 0 Å². The zero-order valence-corrected chi connectivity index (χ0v) is 15.7. The van der Waals surface area contributed by atoms with Crippen LogP contribution >= 0.6 is 0 Å². The van der Waals surface area contributed by atoms with Crippen LogP contribution in [0.2, 0.25) is 0 Å². The lowest BCUT2D eigenvalue weighted by Crippen LogP contribution is -2.29. The summed E-state index contributed by atoms with van der Waals surface area (Å²) in [6.45, 7) is 2.42. The van der Waals surface area contributed by atoms with Crippen molar-refractivity contribution in [3.63, 3.8) is 0 Å². The monoisotopic (exact) mass is 340 g/mol. The molecule has 0 bridgehead atoms. The molecular formula is C22H38F2. The van der Waals surface area contributed by atoms with E-state index in [9.17, 15) is 8.78 Å². The van der Waals surface area contributed by atoms with E-state index in [-0.39, 0.29) is 6.42 Å². The van der Waals surface area contributed by atoms with Gasteiger partial charge in [-0.15, -0.1) is 0 Å². The largest absolute Gasteiger partial charge is 0.238 e. The molecule has 0 N–H and O–H groups in total. The van der Waals surface area contributed by atoms with Gasteiger partial charge in [-0.05, 0) is 93.3 Å². The topological polar surface area (TPSA) is 0 Å². The van der Waals surface area contributed by atoms with Crippen LogP contribution in [-0.4, -0.2) is 6.43 Å². The fraction of sp³-hybridized carbons (Fsp3) is 1.00. The lowest BCUT2D eigenvalue weighted by atomic mass is 9.65. The second-order valence-electron chi connectivity index (χ2n) is 9.44. The van der Waals surface area contributed by atoms with Gasteiger partial charge in [0.2, 0.25) is 6.43 Å². The molecule has 0 spiro atoms. The van der Waals surface area contributed by atoms with Crippen molar-refractivity contribution >= 4 is 0 Å². The minimum atomic E-state index is -2.10. The van der Waals surface area contributed by atoms with E-state index < -0.39 is 6.43 Å². The first-order chi connectivity index (χ1) is 11.6. The zero-order chi connectivity index (χ0) is 16.9. The van der Waals surface area contributed by atoms with Crippen LogP contribution in [-0.2, 0) is 0 Å². The average molecular weight is 341 g/mol. The highest BCUT2D eigenvalue weighted by molar-refractivity contribution is 4.85. The Morgan fingerprint density at radius 1 is 0.625 bits per heavy atom. The highest BCUT2D eigenvalue weighted by atomic mass is 19.3. The molecule has 0 heterocycles. The standard InChI is InChI=1S/C22H38F2/c1-16-2-7-18(8-3-16)20-11-13-21(14-12-20)19-9-4-17(5-10-19)6-15-22(23)24/h16-22H,2-15H2,1H3. The summed E-state index contributed by atoms with van der Waals surface area (Å²) in [6, 6.07) is 0. The Labute approximate surface area is 148 Å². The Morgan fingerprint density at radius 3 is 1.42 bits per heavy atom. The summed E-state index contributed by atoms with van der Waals surface area (Å²) in [4.78, 5) is 0. The number of hydrogen-bond acceptors (Lipinski definition) is 0. The molecule has 0 aromatic rings. The maximum atomic E-state index is 12.4. The summed E-state index contributed by atoms with van der Waals surface area (Å²) in [5.74, 6) is 5.50. The van der Waals surface area contributed by atoms with E-state index in [1.165, 1.54) is 77.0 Å². The van der Waals surface area contributed by atoms with Gasteiger partial charge >= 0.3 is 0 Å². The molecule has 3 rings (SSSR count). The van der Waals surface area contributed by atoms with Crippen LogP contribution in [0.4, 0.5) is 8.78 Å². The average Bonchev–Trinajstić information content (AvgIpc) is 2.61. The summed E-state index contributed by atoms with van der Waals surface area (Å²) < 4.78 is 24.7. The lowest BCUT2D eigenvalue weighted by molar-refractivity contribution is 0.0947. The van der Waals surface area contributed by atoms with Crippen molar-refractivity contribution in [2.75, 3.05) is 0 Å². The Hall–Kier alpha value is -0.140. The third kappa shape index (κ3) is 5.18. The fourth-order valence-corrected chi connectivity index (χ4v) is 6.16. The Bertz CT molecular complexity index is 343. The van der Waals surface area contributed by atoms with E-state index in [4.69, 9.17) is 0 Å². The number of halogens is 2. The number of hydrogen-bond donors (Lipinski definition) is 0. The molecule has 0 unspecified atom stereocenters. The van der Waals surface area contributed by atoms with E-state index in [0.717, 1.165) is 36.0 Å². The third-order valence-corrected chi connectivity index (χ3v) is 7.89. The smallest absolute Gasteiger partial charge is 0.211 e. The lowest BCUT2D eigenvalue weighted by Gasteiger charge is -2.41. The van der Waals surface area contributed by atoms with Crippen LogP contribution in [0.25, 0.3) is 0 Å². The van der Waals surface area contributed by atoms with E-state index in [0.29, 0.717) is 5.92 Å². The highest BCUT2D eigenvalue weighted by Crippen LogP contribution is 2.46. The van der Waals surface area contributed by atoms with Gasteiger partial charge in [0, 0.05) is 6.42 Å². The predicted molar refractivity (Wildman–Crippen MR) is 97.3 cm³/mol.